The van der Waals surface area contributed by atoms with Crippen LogP contribution in [-0.2, 0) is 10.8 Å². The monoisotopic (exact) mass is 527 g/mol. The highest BCUT2D eigenvalue weighted by atomic mass is 79.9. The fraction of sp³-hybridized carbons (Fsp3) is 0.333. The van der Waals surface area contributed by atoms with Gasteiger partial charge in [0.25, 0.3) is 0 Å². The van der Waals surface area contributed by atoms with Crippen LogP contribution in [0.2, 0.25) is 0 Å². The molecule has 0 bridgehead atoms. The van der Waals surface area contributed by atoms with Crippen molar-refractivity contribution in [1.29, 1.82) is 0 Å². The summed E-state index contributed by atoms with van der Waals surface area (Å²) in [4.78, 5) is 2.31. The zero-order chi connectivity index (χ0) is 22.3. The Morgan fingerprint density at radius 3 is 1.20 bits per heavy atom. The summed E-state index contributed by atoms with van der Waals surface area (Å²) in [5, 5.41) is 0. The molecule has 0 amide bonds. The van der Waals surface area contributed by atoms with Gasteiger partial charge in [0.05, 0.1) is 0 Å². The van der Waals surface area contributed by atoms with Gasteiger partial charge in [0.2, 0.25) is 0 Å². The lowest BCUT2D eigenvalue weighted by Gasteiger charge is -2.28. The molecule has 1 nitrogen and oxygen atoms in total. The predicted octanol–water partition coefficient (Wildman–Crippen LogP) is 9.58. The van der Waals surface area contributed by atoms with E-state index in [0.29, 0.717) is 0 Å². The smallest absolute Gasteiger partial charge is 0.0484 e. The summed E-state index contributed by atoms with van der Waals surface area (Å²) in [5.41, 5.74) is 7.54. The molecular weight excluding hydrogens is 498 g/mol. The average Bonchev–Trinajstić information content (AvgIpc) is 2.66. The van der Waals surface area contributed by atoms with Crippen LogP contribution in [0.3, 0.4) is 0 Å². The minimum Gasteiger partial charge on any atom is -0.310 e. The standard InChI is InChI=1S/C27H31Br2N/c1-18-24(28)16-23(17-25(18)29)30(21-12-8-19(9-13-21)26(2,3)4)22-14-10-20(11-15-22)27(5,6)7/h8-17H,1-7H3. The predicted molar refractivity (Wildman–Crippen MR) is 139 cm³/mol. The van der Waals surface area contributed by atoms with Crippen molar-refractivity contribution >= 4 is 48.9 Å². The Kier molecular flexibility index (Phi) is 6.55. The Morgan fingerprint density at radius 2 is 0.900 bits per heavy atom. The van der Waals surface area contributed by atoms with Crippen molar-refractivity contribution in [3.05, 3.63) is 86.3 Å². The number of nitrogens with zero attached hydrogens (tertiary/aromatic N) is 1. The Bertz CT molecular complexity index is 940. The molecule has 3 rings (SSSR count). The van der Waals surface area contributed by atoms with Gasteiger partial charge < -0.3 is 4.90 Å². The number of benzene rings is 3. The molecule has 0 aliphatic carbocycles. The molecule has 0 aliphatic heterocycles. The second-order valence-electron chi connectivity index (χ2n) is 9.96. The van der Waals surface area contributed by atoms with Gasteiger partial charge in [-0.3, -0.25) is 0 Å². The number of halogens is 2. The van der Waals surface area contributed by atoms with Gasteiger partial charge in [-0.25, -0.2) is 0 Å². The van der Waals surface area contributed by atoms with Crippen molar-refractivity contribution in [1.82, 2.24) is 0 Å². The van der Waals surface area contributed by atoms with Crippen molar-refractivity contribution in [3.8, 4) is 0 Å². The van der Waals surface area contributed by atoms with Crippen molar-refractivity contribution in [2.75, 3.05) is 4.90 Å². The summed E-state index contributed by atoms with van der Waals surface area (Å²) >= 11 is 7.46. The highest BCUT2D eigenvalue weighted by Crippen LogP contribution is 2.40. The highest BCUT2D eigenvalue weighted by Gasteiger charge is 2.19. The van der Waals surface area contributed by atoms with Crippen molar-refractivity contribution < 1.29 is 0 Å². The largest absolute Gasteiger partial charge is 0.310 e. The van der Waals surface area contributed by atoms with Crippen LogP contribution in [0, 0.1) is 6.92 Å². The summed E-state index contributed by atoms with van der Waals surface area (Å²) in [6.07, 6.45) is 0. The first kappa shape index (κ1) is 23.1. The normalized spacial score (nSPS) is 12.2. The lowest BCUT2D eigenvalue weighted by molar-refractivity contribution is 0.590. The van der Waals surface area contributed by atoms with Gasteiger partial charge in [0, 0.05) is 26.0 Å². The van der Waals surface area contributed by atoms with E-state index in [1.807, 2.05) is 0 Å². The van der Waals surface area contributed by atoms with E-state index in [1.165, 1.54) is 16.7 Å². The Morgan fingerprint density at radius 1 is 0.567 bits per heavy atom. The summed E-state index contributed by atoms with van der Waals surface area (Å²) < 4.78 is 2.18. The molecule has 30 heavy (non-hydrogen) atoms. The number of hydrogen-bond donors (Lipinski definition) is 0. The third-order valence-electron chi connectivity index (χ3n) is 5.51. The fourth-order valence-electron chi connectivity index (χ4n) is 3.43. The fourth-order valence-corrected chi connectivity index (χ4v) is 4.59. The minimum absolute atomic E-state index is 0.133. The topological polar surface area (TPSA) is 3.24 Å². The lowest BCUT2D eigenvalue weighted by atomic mass is 9.86. The van der Waals surface area contributed by atoms with E-state index in [4.69, 9.17) is 0 Å². The summed E-state index contributed by atoms with van der Waals surface area (Å²) in [6.45, 7) is 15.6. The van der Waals surface area contributed by atoms with Gasteiger partial charge in [0.15, 0.2) is 0 Å². The van der Waals surface area contributed by atoms with Crippen LogP contribution < -0.4 is 4.90 Å². The number of hydrogen-bond acceptors (Lipinski definition) is 1. The first-order valence-electron chi connectivity index (χ1n) is 10.3. The van der Waals surface area contributed by atoms with Crippen molar-refractivity contribution in [2.45, 2.75) is 59.3 Å². The maximum Gasteiger partial charge on any atom is 0.0484 e. The molecule has 0 aliphatic rings. The molecule has 3 aromatic rings. The second kappa shape index (κ2) is 8.51. The summed E-state index contributed by atoms with van der Waals surface area (Å²) in [5.74, 6) is 0. The van der Waals surface area contributed by atoms with E-state index in [-0.39, 0.29) is 10.8 Å². The van der Waals surface area contributed by atoms with Gasteiger partial charge in [-0.15, -0.1) is 0 Å². The van der Waals surface area contributed by atoms with E-state index < -0.39 is 0 Å². The van der Waals surface area contributed by atoms with Crippen molar-refractivity contribution in [2.24, 2.45) is 0 Å². The van der Waals surface area contributed by atoms with Crippen LogP contribution in [0.4, 0.5) is 17.1 Å². The number of rotatable bonds is 3. The highest BCUT2D eigenvalue weighted by molar-refractivity contribution is 9.11. The molecule has 0 N–H and O–H groups in total. The Hall–Kier alpha value is -1.58. The maximum atomic E-state index is 3.73. The van der Waals surface area contributed by atoms with Crippen LogP contribution in [0.15, 0.2) is 69.6 Å². The molecule has 0 saturated carbocycles. The third-order valence-corrected chi connectivity index (χ3v) is 7.15. The molecule has 0 atom stereocenters. The molecule has 3 heteroatoms. The first-order valence-corrected chi connectivity index (χ1v) is 11.9. The first-order chi connectivity index (χ1) is 13.9. The Labute approximate surface area is 198 Å². The average molecular weight is 529 g/mol. The lowest BCUT2D eigenvalue weighted by Crippen LogP contribution is -2.14. The van der Waals surface area contributed by atoms with E-state index in [0.717, 1.165) is 26.0 Å². The molecule has 158 valence electrons. The SMILES string of the molecule is Cc1c(Br)cc(N(c2ccc(C(C)(C)C)cc2)c2ccc(C(C)(C)C)cc2)cc1Br. The van der Waals surface area contributed by atoms with Crippen LogP contribution in [0.5, 0.6) is 0 Å². The molecule has 0 aromatic heterocycles. The van der Waals surface area contributed by atoms with E-state index in [1.54, 1.807) is 0 Å². The molecule has 0 unspecified atom stereocenters. The molecular formula is C27H31Br2N. The zero-order valence-corrected chi connectivity index (χ0v) is 22.1. The van der Waals surface area contributed by atoms with Crippen LogP contribution in [0.1, 0.15) is 58.2 Å². The molecule has 0 spiro atoms. The third kappa shape index (κ3) is 5.00. The van der Waals surface area contributed by atoms with Gasteiger partial charge >= 0.3 is 0 Å². The molecule has 3 aromatic carbocycles. The summed E-state index contributed by atoms with van der Waals surface area (Å²) in [6, 6.07) is 22.2. The van der Waals surface area contributed by atoms with Gasteiger partial charge in [-0.05, 0) is 70.8 Å². The Balaban J connectivity index is 2.14. The quantitative estimate of drug-likeness (QED) is 0.327. The second-order valence-corrected chi connectivity index (χ2v) is 11.7. The van der Waals surface area contributed by atoms with Gasteiger partial charge in [0.1, 0.15) is 0 Å². The summed E-state index contributed by atoms with van der Waals surface area (Å²) in [7, 11) is 0. The van der Waals surface area contributed by atoms with E-state index in [2.05, 4.69) is 146 Å². The van der Waals surface area contributed by atoms with Gasteiger partial charge in [-0.2, -0.15) is 0 Å². The van der Waals surface area contributed by atoms with E-state index >= 15 is 0 Å². The maximum absolute atomic E-state index is 3.73. The molecule has 0 fully saturated rings. The van der Waals surface area contributed by atoms with Gasteiger partial charge in [-0.1, -0.05) is 97.7 Å². The van der Waals surface area contributed by atoms with Crippen molar-refractivity contribution in [3.63, 3.8) is 0 Å². The van der Waals surface area contributed by atoms with Crippen LogP contribution in [-0.4, -0.2) is 0 Å². The van der Waals surface area contributed by atoms with Crippen LogP contribution in [0.25, 0.3) is 0 Å². The van der Waals surface area contributed by atoms with E-state index in [9.17, 15) is 0 Å². The molecule has 0 radical (unpaired) electrons. The minimum atomic E-state index is 0.133. The molecule has 0 heterocycles. The van der Waals surface area contributed by atoms with Crippen LogP contribution >= 0.6 is 31.9 Å². The zero-order valence-electron chi connectivity index (χ0n) is 19.0. The number of anilines is 3. The molecule has 0 saturated heterocycles.